The number of nitrogens with zero attached hydrogens (tertiary/aromatic N) is 2. The zero-order valence-corrected chi connectivity index (χ0v) is 20.6. The molecule has 1 amide bonds. The van der Waals surface area contributed by atoms with Gasteiger partial charge >= 0.3 is 0 Å². The first kappa shape index (κ1) is 23.4. The van der Waals surface area contributed by atoms with Crippen molar-refractivity contribution in [2.75, 3.05) is 13.7 Å². The predicted octanol–water partition coefficient (Wildman–Crippen LogP) is 6.28. The Labute approximate surface area is 188 Å². The number of aryl methyl sites for hydroxylation is 3. The van der Waals surface area contributed by atoms with E-state index in [4.69, 9.17) is 4.74 Å². The summed E-state index contributed by atoms with van der Waals surface area (Å²) >= 11 is 0. The second-order valence-corrected chi connectivity index (χ2v) is 9.46. The first-order chi connectivity index (χ1) is 14.8. The first-order valence-corrected chi connectivity index (χ1v) is 12.1. The third-order valence-corrected chi connectivity index (χ3v) is 6.42. The van der Waals surface area contributed by atoms with Gasteiger partial charge in [-0.05, 0) is 87.8 Å². The van der Waals surface area contributed by atoms with E-state index in [1.807, 2.05) is 13.8 Å². The summed E-state index contributed by atoms with van der Waals surface area (Å²) in [6.45, 7) is 14.3. The summed E-state index contributed by atoms with van der Waals surface area (Å²) in [7, 11) is 1.76. The molecule has 4 heteroatoms. The van der Waals surface area contributed by atoms with Gasteiger partial charge in [0.1, 0.15) is 11.4 Å². The summed E-state index contributed by atoms with van der Waals surface area (Å²) in [5.41, 5.74) is 7.07. The normalized spacial score (nSPS) is 15.7. The molecule has 0 saturated heterocycles. The smallest absolute Gasteiger partial charge is 0.271 e. The lowest BCUT2D eigenvalue weighted by atomic mass is 9.94. The fourth-order valence-electron chi connectivity index (χ4n) is 4.96. The number of fused-ring (bicyclic) bond motifs is 5. The molecule has 2 aliphatic heterocycles. The number of carbonyl (C=O) groups is 1. The predicted molar refractivity (Wildman–Crippen MR) is 129 cm³/mol. The van der Waals surface area contributed by atoms with Crippen LogP contribution in [0.3, 0.4) is 0 Å². The molecule has 0 aliphatic carbocycles. The molecule has 4 rings (SSSR count). The Morgan fingerprint density at radius 1 is 1.00 bits per heavy atom. The van der Waals surface area contributed by atoms with E-state index in [0.29, 0.717) is 0 Å². The van der Waals surface area contributed by atoms with E-state index in [0.717, 1.165) is 63.1 Å². The summed E-state index contributed by atoms with van der Waals surface area (Å²) in [6.07, 6.45) is 6.23. The highest BCUT2D eigenvalue weighted by atomic mass is 16.5. The van der Waals surface area contributed by atoms with E-state index < -0.39 is 0 Å². The first-order valence-electron chi connectivity index (χ1n) is 12.1. The van der Waals surface area contributed by atoms with Gasteiger partial charge < -0.3 is 14.2 Å². The van der Waals surface area contributed by atoms with Crippen molar-refractivity contribution in [1.82, 2.24) is 9.47 Å². The fourth-order valence-corrected chi connectivity index (χ4v) is 4.96. The highest BCUT2D eigenvalue weighted by molar-refractivity contribution is 5.96. The summed E-state index contributed by atoms with van der Waals surface area (Å²) in [5, 5.41) is 0. The van der Waals surface area contributed by atoms with E-state index in [2.05, 4.69) is 55.4 Å². The monoisotopic (exact) mass is 424 g/mol. The molecule has 0 atom stereocenters. The average Bonchev–Trinajstić information content (AvgIpc) is 3.10. The van der Waals surface area contributed by atoms with Gasteiger partial charge in [-0.1, -0.05) is 27.2 Å². The largest absolute Gasteiger partial charge is 0.496 e. The Balaban J connectivity index is 0.00000132. The molecule has 0 saturated carbocycles. The minimum atomic E-state index is -0.162. The molecule has 1 aromatic carbocycles. The topological polar surface area (TPSA) is 34.5 Å². The van der Waals surface area contributed by atoms with Crippen LogP contribution < -0.4 is 4.74 Å². The number of amides is 1. The Bertz CT molecular complexity index is 934. The van der Waals surface area contributed by atoms with Crippen molar-refractivity contribution >= 4 is 5.91 Å². The van der Waals surface area contributed by atoms with Gasteiger partial charge in [-0.2, -0.15) is 0 Å². The van der Waals surface area contributed by atoms with Crippen molar-refractivity contribution in [3.63, 3.8) is 0 Å². The Morgan fingerprint density at radius 2 is 1.74 bits per heavy atom. The Hall–Kier alpha value is -2.23. The van der Waals surface area contributed by atoms with Crippen LogP contribution >= 0.6 is 0 Å². The minimum absolute atomic E-state index is 0.162. The standard InChI is InChI=1S/C25H34N2O2.C2H6/c1-6-9-18-14-20-17(16-22(18)29-5)11-13-26-21(20)15-19-10-7-8-12-27(25(2,3)4)24(28)23(19)26;1-2/h14-16H,6-13H2,1-5H3;1-2H3. The molecule has 0 unspecified atom stereocenters. The van der Waals surface area contributed by atoms with Crippen LogP contribution in [0.1, 0.15) is 88.0 Å². The van der Waals surface area contributed by atoms with Crippen LogP contribution in [0.2, 0.25) is 0 Å². The Morgan fingerprint density at radius 3 is 2.39 bits per heavy atom. The lowest BCUT2D eigenvalue weighted by Gasteiger charge is -2.37. The zero-order chi connectivity index (χ0) is 22.8. The van der Waals surface area contributed by atoms with Gasteiger partial charge in [0, 0.05) is 29.9 Å². The van der Waals surface area contributed by atoms with E-state index in [1.165, 1.54) is 27.9 Å². The summed E-state index contributed by atoms with van der Waals surface area (Å²) in [5.74, 6) is 1.20. The number of rotatable bonds is 3. The van der Waals surface area contributed by atoms with Crippen LogP contribution in [0, 0.1) is 0 Å². The van der Waals surface area contributed by atoms with Crippen LogP contribution in [0.15, 0.2) is 18.2 Å². The molecule has 1 aromatic heterocycles. The highest BCUT2D eigenvalue weighted by Gasteiger charge is 2.34. The van der Waals surface area contributed by atoms with Crippen molar-refractivity contribution in [3.8, 4) is 17.0 Å². The SMILES string of the molecule is CC.CCCc1cc2c(cc1OC)CCn1c-2cc2c1C(=O)N(C(C)(C)C)CCCC2. The Kier molecular flexibility index (Phi) is 7.18. The van der Waals surface area contributed by atoms with Gasteiger partial charge in [0.15, 0.2) is 0 Å². The van der Waals surface area contributed by atoms with Gasteiger partial charge in [0.2, 0.25) is 0 Å². The fraction of sp³-hybridized carbons (Fsp3) is 0.593. The molecule has 0 fully saturated rings. The molecule has 31 heavy (non-hydrogen) atoms. The van der Waals surface area contributed by atoms with Crippen LogP contribution in [0.25, 0.3) is 11.3 Å². The number of hydrogen-bond donors (Lipinski definition) is 0. The quantitative estimate of drug-likeness (QED) is 0.581. The maximum absolute atomic E-state index is 13.6. The minimum Gasteiger partial charge on any atom is -0.496 e. The second-order valence-electron chi connectivity index (χ2n) is 9.46. The van der Waals surface area contributed by atoms with Crippen LogP contribution in [-0.4, -0.2) is 34.6 Å². The van der Waals surface area contributed by atoms with Gasteiger partial charge in [-0.25, -0.2) is 0 Å². The number of aromatic nitrogens is 1. The summed E-state index contributed by atoms with van der Waals surface area (Å²) in [6, 6.07) is 6.82. The van der Waals surface area contributed by atoms with Gasteiger partial charge in [-0.3, -0.25) is 4.79 Å². The summed E-state index contributed by atoms with van der Waals surface area (Å²) in [4.78, 5) is 15.7. The average molecular weight is 425 g/mol. The molecule has 0 bridgehead atoms. The maximum Gasteiger partial charge on any atom is 0.271 e. The van der Waals surface area contributed by atoms with Crippen molar-refractivity contribution in [1.29, 1.82) is 0 Å². The molecule has 0 radical (unpaired) electrons. The molecule has 0 N–H and O–H groups in total. The molecule has 3 heterocycles. The van der Waals surface area contributed by atoms with Gasteiger partial charge in [0.25, 0.3) is 5.91 Å². The van der Waals surface area contributed by atoms with E-state index in [1.54, 1.807) is 7.11 Å². The molecule has 2 aliphatic rings. The third-order valence-electron chi connectivity index (χ3n) is 6.42. The highest BCUT2D eigenvalue weighted by Crippen LogP contribution is 2.39. The molecule has 2 aromatic rings. The van der Waals surface area contributed by atoms with Gasteiger partial charge in [-0.15, -0.1) is 0 Å². The number of ether oxygens (including phenoxy) is 1. The molecular weight excluding hydrogens is 384 g/mol. The van der Waals surface area contributed by atoms with E-state index in [-0.39, 0.29) is 11.4 Å². The molecule has 170 valence electrons. The van der Waals surface area contributed by atoms with Crippen LogP contribution in [0.4, 0.5) is 0 Å². The van der Waals surface area contributed by atoms with Crippen LogP contribution in [-0.2, 0) is 25.8 Å². The lowest BCUT2D eigenvalue weighted by molar-refractivity contribution is 0.0558. The molecular formula is C27H40N2O2. The van der Waals surface area contributed by atoms with Crippen LogP contribution in [0.5, 0.6) is 5.75 Å². The maximum atomic E-state index is 13.6. The number of benzene rings is 1. The van der Waals surface area contributed by atoms with Gasteiger partial charge in [0.05, 0.1) is 7.11 Å². The number of hydrogen-bond acceptors (Lipinski definition) is 2. The third kappa shape index (κ3) is 4.40. The molecule has 0 spiro atoms. The number of carbonyl (C=O) groups excluding carboxylic acids is 1. The number of methoxy groups -OCH3 is 1. The molecule has 4 nitrogen and oxygen atoms in total. The van der Waals surface area contributed by atoms with E-state index >= 15 is 0 Å². The second kappa shape index (κ2) is 9.50. The summed E-state index contributed by atoms with van der Waals surface area (Å²) < 4.78 is 7.97. The van der Waals surface area contributed by atoms with Crippen molar-refractivity contribution < 1.29 is 9.53 Å². The van der Waals surface area contributed by atoms with E-state index in [9.17, 15) is 4.79 Å². The van der Waals surface area contributed by atoms with Crippen molar-refractivity contribution in [3.05, 3.63) is 40.6 Å². The lowest BCUT2D eigenvalue weighted by Crippen LogP contribution is -2.47. The van der Waals surface area contributed by atoms with Crippen molar-refractivity contribution in [2.24, 2.45) is 0 Å². The van der Waals surface area contributed by atoms with Crippen molar-refractivity contribution in [2.45, 2.75) is 92.2 Å². The zero-order valence-electron chi connectivity index (χ0n) is 20.6.